The third-order valence-corrected chi connectivity index (χ3v) is 4.65. The summed E-state index contributed by atoms with van der Waals surface area (Å²) in [5, 5.41) is 5.92. The molecule has 2 rings (SSSR count). The van der Waals surface area contributed by atoms with Crippen molar-refractivity contribution in [2.24, 2.45) is 5.41 Å². The Labute approximate surface area is 162 Å². The van der Waals surface area contributed by atoms with Crippen LogP contribution in [0.5, 0.6) is 0 Å². The molecule has 144 valence electrons. The minimum Gasteiger partial charge on any atom is -0.326 e. The highest BCUT2D eigenvalue weighted by molar-refractivity contribution is 5.96. The molecule has 0 aliphatic heterocycles. The lowest BCUT2D eigenvalue weighted by molar-refractivity contribution is -0.123. The minimum atomic E-state index is -0.474. The summed E-state index contributed by atoms with van der Waals surface area (Å²) in [5.41, 5.74) is 3.08. The fourth-order valence-electron chi connectivity index (χ4n) is 2.80. The van der Waals surface area contributed by atoms with E-state index in [0.717, 1.165) is 17.7 Å². The normalized spacial score (nSPS) is 12.3. The summed E-state index contributed by atoms with van der Waals surface area (Å²) in [6.45, 7) is 9.65. The zero-order valence-corrected chi connectivity index (χ0v) is 16.9. The predicted octanol–water partition coefficient (Wildman–Crippen LogP) is 5.50. The van der Waals surface area contributed by atoms with Crippen LogP contribution < -0.4 is 10.6 Å². The predicted molar refractivity (Wildman–Crippen MR) is 112 cm³/mol. The summed E-state index contributed by atoms with van der Waals surface area (Å²) in [6, 6.07) is 15.7. The third kappa shape index (κ3) is 5.95. The van der Waals surface area contributed by atoms with Crippen LogP contribution in [0.4, 0.5) is 11.4 Å². The standard InChI is InChI=1S/C23H30N2O2/c1-6-17(18-10-8-7-9-11-18)14-21(26)25-20-15-19(13-12-16(20)2)24-22(27)23(3,4)5/h7-13,15,17H,6,14H2,1-5H3,(H,24,27)(H,25,26). The third-order valence-electron chi connectivity index (χ3n) is 4.65. The van der Waals surface area contributed by atoms with Gasteiger partial charge in [-0.2, -0.15) is 0 Å². The second kappa shape index (κ2) is 8.85. The molecule has 0 heterocycles. The number of hydrogen-bond donors (Lipinski definition) is 2. The van der Waals surface area contributed by atoms with Gasteiger partial charge in [-0.25, -0.2) is 0 Å². The lowest BCUT2D eigenvalue weighted by atomic mass is 9.93. The summed E-state index contributed by atoms with van der Waals surface area (Å²) < 4.78 is 0. The van der Waals surface area contributed by atoms with Crippen LogP contribution in [0, 0.1) is 12.3 Å². The van der Waals surface area contributed by atoms with Gasteiger partial charge in [0, 0.05) is 23.2 Å². The van der Waals surface area contributed by atoms with Gasteiger partial charge in [0.1, 0.15) is 0 Å². The van der Waals surface area contributed by atoms with Gasteiger partial charge in [-0.05, 0) is 42.5 Å². The Morgan fingerprint density at radius 3 is 2.26 bits per heavy atom. The molecule has 0 saturated heterocycles. The molecule has 0 aliphatic rings. The van der Waals surface area contributed by atoms with Crippen molar-refractivity contribution in [2.45, 2.75) is 53.4 Å². The molecule has 0 aromatic heterocycles. The summed E-state index contributed by atoms with van der Waals surface area (Å²) in [5.74, 6) is 0.113. The number of anilines is 2. The maximum atomic E-state index is 12.6. The highest BCUT2D eigenvalue weighted by atomic mass is 16.2. The Hall–Kier alpha value is -2.62. The largest absolute Gasteiger partial charge is 0.326 e. The molecular formula is C23H30N2O2. The minimum absolute atomic E-state index is 0.0203. The second-order valence-electron chi connectivity index (χ2n) is 8.00. The molecule has 0 bridgehead atoms. The van der Waals surface area contributed by atoms with Crippen molar-refractivity contribution in [3.05, 3.63) is 59.7 Å². The van der Waals surface area contributed by atoms with E-state index in [-0.39, 0.29) is 17.7 Å². The van der Waals surface area contributed by atoms with Crippen molar-refractivity contribution < 1.29 is 9.59 Å². The van der Waals surface area contributed by atoms with E-state index in [1.807, 2.05) is 64.1 Å². The lowest BCUT2D eigenvalue weighted by Crippen LogP contribution is -2.27. The van der Waals surface area contributed by atoms with Crippen LogP contribution in [0.3, 0.4) is 0 Å². The van der Waals surface area contributed by atoms with E-state index in [9.17, 15) is 9.59 Å². The number of hydrogen-bond acceptors (Lipinski definition) is 2. The topological polar surface area (TPSA) is 58.2 Å². The maximum Gasteiger partial charge on any atom is 0.229 e. The molecule has 0 fully saturated rings. The van der Waals surface area contributed by atoms with Crippen molar-refractivity contribution in [2.75, 3.05) is 10.6 Å². The molecule has 2 amide bonds. The van der Waals surface area contributed by atoms with E-state index < -0.39 is 5.41 Å². The van der Waals surface area contributed by atoms with Crippen LogP contribution in [0.25, 0.3) is 0 Å². The Morgan fingerprint density at radius 1 is 1.00 bits per heavy atom. The monoisotopic (exact) mass is 366 g/mol. The molecule has 2 N–H and O–H groups in total. The molecule has 0 saturated carbocycles. The van der Waals surface area contributed by atoms with Crippen LogP contribution in [0.15, 0.2) is 48.5 Å². The Bertz CT molecular complexity index is 792. The summed E-state index contributed by atoms with van der Waals surface area (Å²) in [4.78, 5) is 24.8. The van der Waals surface area contributed by atoms with Gasteiger partial charge >= 0.3 is 0 Å². The lowest BCUT2D eigenvalue weighted by Gasteiger charge is -2.19. The first-order valence-electron chi connectivity index (χ1n) is 9.47. The number of carbonyl (C=O) groups excluding carboxylic acids is 2. The average molecular weight is 367 g/mol. The second-order valence-corrected chi connectivity index (χ2v) is 8.00. The van der Waals surface area contributed by atoms with Crippen molar-refractivity contribution in [3.63, 3.8) is 0 Å². The summed E-state index contributed by atoms with van der Waals surface area (Å²) >= 11 is 0. The van der Waals surface area contributed by atoms with Gasteiger partial charge in [-0.1, -0.05) is 64.1 Å². The molecule has 2 aromatic carbocycles. The van der Waals surface area contributed by atoms with Gasteiger partial charge < -0.3 is 10.6 Å². The number of nitrogens with one attached hydrogen (secondary N) is 2. The highest BCUT2D eigenvalue weighted by Crippen LogP contribution is 2.26. The highest BCUT2D eigenvalue weighted by Gasteiger charge is 2.21. The first-order chi connectivity index (χ1) is 12.7. The fraction of sp³-hybridized carbons (Fsp3) is 0.391. The van der Waals surface area contributed by atoms with Crippen LogP contribution in [-0.2, 0) is 9.59 Å². The Kier molecular flexibility index (Phi) is 6.78. The number of benzene rings is 2. The van der Waals surface area contributed by atoms with Crippen molar-refractivity contribution >= 4 is 23.2 Å². The molecule has 1 atom stereocenters. The molecule has 0 spiro atoms. The number of amides is 2. The number of aryl methyl sites for hydroxylation is 1. The summed E-state index contributed by atoms with van der Waals surface area (Å²) in [6.07, 6.45) is 1.33. The van der Waals surface area contributed by atoms with Gasteiger partial charge in [-0.3, -0.25) is 9.59 Å². The maximum absolute atomic E-state index is 12.6. The van der Waals surface area contributed by atoms with E-state index in [1.54, 1.807) is 0 Å². The number of rotatable bonds is 6. The SMILES string of the molecule is CCC(CC(=O)Nc1cc(NC(=O)C(C)(C)C)ccc1C)c1ccccc1. The molecule has 0 aliphatic carbocycles. The van der Waals surface area contributed by atoms with E-state index in [2.05, 4.69) is 29.7 Å². The first kappa shape index (κ1) is 20.7. The van der Waals surface area contributed by atoms with Crippen LogP contribution in [-0.4, -0.2) is 11.8 Å². The molecule has 2 aromatic rings. The van der Waals surface area contributed by atoms with E-state index in [4.69, 9.17) is 0 Å². The van der Waals surface area contributed by atoms with Crippen molar-refractivity contribution in [1.29, 1.82) is 0 Å². The molecule has 4 heteroatoms. The molecule has 0 radical (unpaired) electrons. The van der Waals surface area contributed by atoms with Crippen LogP contribution >= 0.6 is 0 Å². The molecular weight excluding hydrogens is 336 g/mol. The smallest absolute Gasteiger partial charge is 0.229 e. The molecule has 1 unspecified atom stereocenters. The zero-order chi connectivity index (χ0) is 20.0. The quantitative estimate of drug-likeness (QED) is 0.709. The van der Waals surface area contributed by atoms with Crippen molar-refractivity contribution in [1.82, 2.24) is 0 Å². The van der Waals surface area contributed by atoms with E-state index in [1.165, 1.54) is 5.56 Å². The zero-order valence-electron chi connectivity index (χ0n) is 16.9. The van der Waals surface area contributed by atoms with E-state index >= 15 is 0 Å². The van der Waals surface area contributed by atoms with Gasteiger partial charge in [0.05, 0.1) is 0 Å². The first-order valence-corrected chi connectivity index (χ1v) is 9.47. The van der Waals surface area contributed by atoms with Gasteiger partial charge in [0.15, 0.2) is 0 Å². The van der Waals surface area contributed by atoms with Gasteiger partial charge in [0.2, 0.25) is 11.8 Å². The van der Waals surface area contributed by atoms with Crippen LogP contribution in [0.1, 0.15) is 57.6 Å². The molecule has 4 nitrogen and oxygen atoms in total. The average Bonchev–Trinajstić information content (AvgIpc) is 2.62. The Balaban J connectivity index is 2.08. The Morgan fingerprint density at radius 2 is 1.67 bits per heavy atom. The van der Waals surface area contributed by atoms with Gasteiger partial charge in [0.25, 0.3) is 0 Å². The van der Waals surface area contributed by atoms with E-state index in [0.29, 0.717) is 12.1 Å². The van der Waals surface area contributed by atoms with Crippen molar-refractivity contribution in [3.8, 4) is 0 Å². The van der Waals surface area contributed by atoms with Crippen LogP contribution in [0.2, 0.25) is 0 Å². The summed E-state index contributed by atoms with van der Waals surface area (Å²) in [7, 11) is 0. The molecule has 27 heavy (non-hydrogen) atoms. The number of carbonyl (C=O) groups is 2. The fourth-order valence-corrected chi connectivity index (χ4v) is 2.80. The van der Waals surface area contributed by atoms with Gasteiger partial charge in [-0.15, -0.1) is 0 Å².